The zero-order valence-electron chi connectivity index (χ0n) is 5.23. The molecule has 0 aliphatic carbocycles. The van der Waals surface area contributed by atoms with Crippen LogP contribution < -0.4 is 5.73 Å². The fourth-order valence-electron chi connectivity index (χ4n) is 0.819. The van der Waals surface area contributed by atoms with Gasteiger partial charge in [-0.2, -0.15) is 0 Å². The van der Waals surface area contributed by atoms with E-state index in [0.717, 1.165) is 0 Å². The van der Waals surface area contributed by atoms with Crippen LogP contribution in [0.5, 0.6) is 0 Å². The van der Waals surface area contributed by atoms with Crippen molar-refractivity contribution in [3.8, 4) is 0 Å². The van der Waals surface area contributed by atoms with Crippen molar-refractivity contribution in [1.82, 2.24) is 0 Å². The molecule has 1 fully saturated rings. The van der Waals surface area contributed by atoms with Crippen molar-refractivity contribution in [2.45, 2.75) is 18.3 Å². The van der Waals surface area contributed by atoms with Crippen LogP contribution in [0.25, 0.3) is 0 Å². The number of aliphatic hydroxyl groups excluding tert-OH is 2. The summed E-state index contributed by atoms with van der Waals surface area (Å²) < 4.78 is 4.47. The molecule has 1 rings (SSSR count). The van der Waals surface area contributed by atoms with Gasteiger partial charge in [0.05, 0.1) is 0 Å². The van der Waals surface area contributed by atoms with E-state index in [2.05, 4.69) is 4.74 Å². The maximum Gasteiger partial charge on any atom is 0.338 e. The minimum atomic E-state index is -1.42. The SMILES string of the molecule is NC[C@H]1OC(=O)[C@H](O)[C@@H]1O. The van der Waals surface area contributed by atoms with Gasteiger partial charge in [-0.3, -0.25) is 0 Å². The molecule has 1 heterocycles. The fourth-order valence-corrected chi connectivity index (χ4v) is 0.819. The highest BCUT2D eigenvalue weighted by Crippen LogP contribution is 2.13. The van der Waals surface area contributed by atoms with Gasteiger partial charge in [0.15, 0.2) is 6.10 Å². The number of esters is 1. The normalized spacial score (nSPS) is 39.9. The molecule has 0 unspecified atom stereocenters. The standard InChI is InChI=1S/C5H9NO4/c6-1-2-3(7)4(8)5(9)10-2/h2-4,7-8H,1,6H2/t2-,3-,4-/m1/s1. The highest BCUT2D eigenvalue weighted by molar-refractivity contribution is 5.77. The monoisotopic (exact) mass is 147 g/mol. The molecule has 0 aromatic carbocycles. The van der Waals surface area contributed by atoms with Crippen LogP contribution in [-0.4, -0.2) is 41.0 Å². The number of hydrogen-bond donors (Lipinski definition) is 3. The van der Waals surface area contributed by atoms with Crippen molar-refractivity contribution in [3.63, 3.8) is 0 Å². The minimum Gasteiger partial charge on any atom is -0.456 e. The van der Waals surface area contributed by atoms with Gasteiger partial charge in [0, 0.05) is 6.54 Å². The Labute approximate surface area is 57.4 Å². The third-order valence-corrected chi connectivity index (χ3v) is 1.45. The summed E-state index contributed by atoms with van der Waals surface area (Å²) in [6.45, 7) is 0.0317. The molecule has 10 heavy (non-hydrogen) atoms. The molecule has 0 radical (unpaired) electrons. The number of carbonyl (C=O) groups excluding carboxylic acids is 1. The first kappa shape index (κ1) is 7.46. The zero-order chi connectivity index (χ0) is 7.72. The number of aliphatic hydroxyl groups is 2. The third-order valence-electron chi connectivity index (χ3n) is 1.45. The molecule has 4 N–H and O–H groups in total. The summed E-state index contributed by atoms with van der Waals surface area (Å²) in [6, 6.07) is 0. The average Bonchev–Trinajstić information content (AvgIpc) is 2.17. The molecule has 0 amide bonds. The summed E-state index contributed by atoms with van der Waals surface area (Å²) >= 11 is 0. The molecular formula is C5H9NO4. The lowest BCUT2D eigenvalue weighted by molar-refractivity contribution is -0.147. The molecule has 5 heteroatoms. The number of nitrogens with two attached hydrogens (primary N) is 1. The minimum absolute atomic E-state index is 0.0317. The fraction of sp³-hybridized carbons (Fsp3) is 0.800. The molecular weight excluding hydrogens is 138 g/mol. The predicted octanol–water partition coefficient (Wildman–Crippen LogP) is -2.41. The average molecular weight is 147 g/mol. The van der Waals surface area contributed by atoms with Gasteiger partial charge in [-0.1, -0.05) is 0 Å². The Kier molecular flexibility index (Phi) is 1.89. The van der Waals surface area contributed by atoms with Gasteiger partial charge in [0.25, 0.3) is 0 Å². The van der Waals surface area contributed by atoms with Gasteiger partial charge in [-0.15, -0.1) is 0 Å². The first-order valence-electron chi connectivity index (χ1n) is 2.93. The van der Waals surface area contributed by atoms with Crippen LogP contribution in [0.15, 0.2) is 0 Å². The van der Waals surface area contributed by atoms with Crippen LogP contribution in [0.4, 0.5) is 0 Å². The largest absolute Gasteiger partial charge is 0.456 e. The van der Waals surface area contributed by atoms with E-state index in [9.17, 15) is 4.79 Å². The quantitative estimate of drug-likeness (QED) is 0.359. The molecule has 0 saturated carbocycles. The summed E-state index contributed by atoms with van der Waals surface area (Å²) in [7, 11) is 0. The molecule has 0 bridgehead atoms. The Balaban J connectivity index is 2.61. The van der Waals surface area contributed by atoms with E-state index in [0.29, 0.717) is 0 Å². The van der Waals surface area contributed by atoms with Crippen molar-refractivity contribution in [2.24, 2.45) is 5.73 Å². The van der Waals surface area contributed by atoms with Crippen LogP contribution in [-0.2, 0) is 9.53 Å². The van der Waals surface area contributed by atoms with E-state index in [-0.39, 0.29) is 6.54 Å². The van der Waals surface area contributed by atoms with E-state index in [4.69, 9.17) is 15.9 Å². The summed E-state index contributed by atoms with van der Waals surface area (Å²) in [5, 5.41) is 17.7. The molecule has 1 aliphatic heterocycles. The smallest absolute Gasteiger partial charge is 0.338 e. The van der Waals surface area contributed by atoms with E-state index >= 15 is 0 Å². The first-order valence-corrected chi connectivity index (χ1v) is 2.93. The molecule has 0 spiro atoms. The number of rotatable bonds is 1. The van der Waals surface area contributed by atoms with Gasteiger partial charge in [0.1, 0.15) is 12.2 Å². The van der Waals surface area contributed by atoms with E-state index < -0.39 is 24.3 Å². The number of ether oxygens (including phenoxy) is 1. The summed E-state index contributed by atoms with van der Waals surface area (Å²) in [6.07, 6.45) is -3.34. The maximum atomic E-state index is 10.5. The van der Waals surface area contributed by atoms with E-state index in [1.54, 1.807) is 0 Å². The second-order valence-electron chi connectivity index (χ2n) is 2.15. The van der Waals surface area contributed by atoms with Crippen molar-refractivity contribution < 1.29 is 19.7 Å². The lowest BCUT2D eigenvalue weighted by Crippen LogP contribution is -2.35. The lowest BCUT2D eigenvalue weighted by atomic mass is 10.1. The molecule has 0 aromatic rings. The van der Waals surface area contributed by atoms with Gasteiger partial charge < -0.3 is 20.7 Å². The Morgan fingerprint density at radius 1 is 1.60 bits per heavy atom. The molecule has 1 aliphatic rings. The molecule has 5 nitrogen and oxygen atoms in total. The van der Waals surface area contributed by atoms with Crippen LogP contribution in [0.3, 0.4) is 0 Å². The first-order chi connectivity index (χ1) is 4.66. The number of cyclic esters (lactones) is 1. The summed E-state index contributed by atoms with van der Waals surface area (Å²) in [5.74, 6) is -0.803. The van der Waals surface area contributed by atoms with Gasteiger partial charge >= 0.3 is 5.97 Å². The number of carbonyl (C=O) groups is 1. The van der Waals surface area contributed by atoms with Crippen LogP contribution >= 0.6 is 0 Å². The third kappa shape index (κ3) is 0.985. The molecule has 58 valence electrons. The Hall–Kier alpha value is -0.650. The second-order valence-corrected chi connectivity index (χ2v) is 2.15. The highest BCUT2D eigenvalue weighted by atomic mass is 16.6. The van der Waals surface area contributed by atoms with Crippen LogP contribution in [0.2, 0.25) is 0 Å². The van der Waals surface area contributed by atoms with E-state index in [1.807, 2.05) is 0 Å². The zero-order valence-corrected chi connectivity index (χ0v) is 5.23. The van der Waals surface area contributed by atoms with Gasteiger partial charge in [-0.05, 0) is 0 Å². The van der Waals surface area contributed by atoms with Crippen molar-refractivity contribution in [2.75, 3.05) is 6.54 Å². The van der Waals surface area contributed by atoms with E-state index in [1.165, 1.54) is 0 Å². The van der Waals surface area contributed by atoms with Crippen LogP contribution in [0.1, 0.15) is 0 Å². The molecule has 0 aromatic heterocycles. The van der Waals surface area contributed by atoms with Gasteiger partial charge in [-0.25, -0.2) is 4.79 Å². The Bertz CT molecular complexity index is 149. The predicted molar refractivity (Wildman–Crippen MR) is 30.9 cm³/mol. The highest BCUT2D eigenvalue weighted by Gasteiger charge is 2.41. The van der Waals surface area contributed by atoms with Crippen LogP contribution in [0, 0.1) is 0 Å². The summed E-state index contributed by atoms with van der Waals surface area (Å²) in [4.78, 5) is 10.5. The van der Waals surface area contributed by atoms with Crippen molar-refractivity contribution >= 4 is 5.97 Å². The van der Waals surface area contributed by atoms with Crippen molar-refractivity contribution in [1.29, 1.82) is 0 Å². The van der Waals surface area contributed by atoms with Crippen molar-refractivity contribution in [3.05, 3.63) is 0 Å². The Morgan fingerprint density at radius 2 is 2.20 bits per heavy atom. The maximum absolute atomic E-state index is 10.5. The topological polar surface area (TPSA) is 92.8 Å². The lowest BCUT2D eigenvalue weighted by Gasteiger charge is -2.09. The number of hydrogen-bond acceptors (Lipinski definition) is 5. The molecule has 1 saturated heterocycles. The summed E-state index contributed by atoms with van der Waals surface area (Å²) in [5.41, 5.74) is 5.10. The Morgan fingerprint density at radius 3 is 2.40 bits per heavy atom. The van der Waals surface area contributed by atoms with Gasteiger partial charge in [0.2, 0.25) is 0 Å². The molecule has 3 atom stereocenters. The second kappa shape index (κ2) is 2.53.